The maximum atomic E-state index is 12.3. The lowest BCUT2D eigenvalue weighted by atomic mass is 9.86. The Morgan fingerprint density at radius 2 is 1.68 bits per heavy atom. The largest absolute Gasteiger partial charge is 0.410 e. The van der Waals surface area contributed by atoms with Crippen molar-refractivity contribution in [2.24, 2.45) is 0 Å². The number of nitrogens with one attached hydrogen (secondary N) is 1. The van der Waals surface area contributed by atoms with E-state index in [-0.39, 0.29) is 11.1 Å². The molecule has 28 heavy (non-hydrogen) atoms. The fraction of sp³-hybridized carbons (Fsp3) is 0.667. The molecule has 0 unspecified atom stereocenters. The summed E-state index contributed by atoms with van der Waals surface area (Å²) in [6.07, 6.45) is 1.24. The average Bonchev–Trinajstić information content (AvgIpc) is 2.53. The van der Waals surface area contributed by atoms with Gasteiger partial charge in [0.15, 0.2) is 8.32 Å². The molecule has 5 nitrogen and oxygen atoms in total. The second kappa shape index (κ2) is 8.71. The number of rotatable bonds is 6. The molecule has 1 N–H and O–H groups in total. The van der Waals surface area contributed by atoms with E-state index in [2.05, 4.69) is 38.6 Å². The molecule has 1 aromatic rings. The third kappa shape index (κ3) is 6.57. The van der Waals surface area contributed by atoms with Crippen LogP contribution in [-0.4, -0.2) is 27.1 Å². The van der Waals surface area contributed by atoms with Crippen molar-refractivity contribution in [3.05, 3.63) is 35.4 Å². The van der Waals surface area contributed by atoms with E-state index < -0.39 is 35.1 Å². The zero-order valence-electron chi connectivity index (χ0n) is 16.8. The minimum absolute atomic E-state index is 0.0556. The molecule has 1 aromatic carbocycles. The molecule has 1 aliphatic carbocycles. The molecule has 0 aromatic heterocycles. The highest BCUT2D eigenvalue weighted by molar-refractivity contribution is 7.84. The van der Waals surface area contributed by atoms with Crippen LogP contribution in [0.4, 0.5) is 0 Å². The molecule has 0 saturated heterocycles. The maximum Gasteiger partial charge on any atom is 0.336 e. The molecule has 0 radical (unpaired) electrons. The molecular weight excluding hydrogens is 461 g/mol. The van der Waals surface area contributed by atoms with Gasteiger partial charge in [-0.1, -0.05) is 79.8 Å². The van der Waals surface area contributed by atoms with Gasteiger partial charge in [0.25, 0.3) is 0 Å². The highest BCUT2D eigenvalue weighted by atomic mass is 35.6. The van der Waals surface area contributed by atoms with E-state index >= 15 is 0 Å². The van der Waals surface area contributed by atoms with Crippen LogP contribution in [0.25, 0.3) is 0 Å². The van der Waals surface area contributed by atoms with Crippen molar-refractivity contribution < 1.29 is 17.0 Å². The van der Waals surface area contributed by atoms with Crippen LogP contribution in [0, 0.1) is 0 Å². The number of fused-ring (bicyclic) bond motifs is 1. The zero-order chi connectivity index (χ0) is 21.4. The molecule has 2 rings (SSSR count). The van der Waals surface area contributed by atoms with Gasteiger partial charge in [-0.25, -0.2) is 0 Å². The van der Waals surface area contributed by atoms with Crippen molar-refractivity contribution in [2.45, 2.75) is 67.7 Å². The summed E-state index contributed by atoms with van der Waals surface area (Å²) in [7, 11) is -6.04. The zero-order valence-corrected chi connectivity index (χ0v) is 20.8. The van der Waals surface area contributed by atoms with Crippen molar-refractivity contribution in [3.8, 4) is 0 Å². The summed E-state index contributed by atoms with van der Waals surface area (Å²) in [5.74, 6) is 0. The first-order chi connectivity index (χ1) is 12.6. The van der Waals surface area contributed by atoms with Gasteiger partial charge >= 0.3 is 10.3 Å². The molecule has 0 bridgehead atoms. The van der Waals surface area contributed by atoms with Gasteiger partial charge in [-0.05, 0) is 42.1 Å². The average molecular weight is 489 g/mol. The van der Waals surface area contributed by atoms with Gasteiger partial charge in [0.1, 0.15) is 6.61 Å². The van der Waals surface area contributed by atoms with Crippen molar-refractivity contribution in [2.75, 3.05) is 6.61 Å². The third-order valence-electron chi connectivity index (χ3n) is 5.34. The van der Waals surface area contributed by atoms with Crippen LogP contribution in [-0.2, 0) is 18.9 Å². The fourth-order valence-electron chi connectivity index (χ4n) is 2.88. The Bertz CT molecular complexity index is 791. The normalized spacial score (nSPS) is 21.4. The predicted molar refractivity (Wildman–Crippen MR) is 118 cm³/mol. The van der Waals surface area contributed by atoms with E-state index in [0.29, 0.717) is 12.8 Å². The minimum Gasteiger partial charge on any atom is -0.410 e. The lowest BCUT2D eigenvalue weighted by Crippen LogP contribution is -2.43. The van der Waals surface area contributed by atoms with Gasteiger partial charge < -0.3 is 4.43 Å². The van der Waals surface area contributed by atoms with E-state index in [9.17, 15) is 8.42 Å². The van der Waals surface area contributed by atoms with Crippen molar-refractivity contribution in [1.29, 1.82) is 0 Å². The summed E-state index contributed by atoms with van der Waals surface area (Å²) >= 11 is 16.7. The first-order valence-electron chi connectivity index (χ1n) is 9.11. The maximum absolute atomic E-state index is 12.3. The second-order valence-electron chi connectivity index (χ2n) is 8.57. The second-order valence-corrected chi connectivity index (χ2v) is 17.2. The SMILES string of the molecule is CC(C)(C)[Si](C)(C)O[C@@H]1CC[C@@H](NS(=O)(=O)OCC(Cl)(Cl)Cl)c2ccccc21. The Hall–Kier alpha value is 0.137. The van der Waals surface area contributed by atoms with Crippen LogP contribution in [0.15, 0.2) is 24.3 Å². The van der Waals surface area contributed by atoms with Crippen molar-refractivity contribution in [1.82, 2.24) is 4.72 Å². The molecule has 0 aliphatic heterocycles. The minimum atomic E-state index is -4.07. The molecule has 2 atom stereocenters. The molecule has 0 saturated carbocycles. The van der Waals surface area contributed by atoms with Crippen LogP contribution in [0.2, 0.25) is 18.1 Å². The monoisotopic (exact) mass is 487 g/mol. The van der Waals surface area contributed by atoms with Crippen LogP contribution < -0.4 is 4.72 Å². The number of hydrogen-bond donors (Lipinski definition) is 1. The summed E-state index contributed by atoms with van der Waals surface area (Å²) in [5.41, 5.74) is 1.89. The highest BCUT2D eigenvalue weighted by Crippen LogP contribution is 2.45. The topological polar surface area (TPSA) is 64.6 Å². The Balaban J connectivity index is 2.20. The van der Waals surface area contributed by atoms with Crippen molar-refractivity contribution in [3.63, 3.8) is 0 Å². The van der Waals surface area contributed by atoms with Gasteiger partial charge in [0.2, 0.25) is 3.79 Å². The summed E-state index contributed by atoms with van der Waals surface area (Å²) in [6.45, 7) is 10.5. The highest BCUT2D eigenvalue weighted by Gasteiger charge is 2.41. The van der Waals surface area contributed by atoms with E-state index in [4.69, 9.17) is 43.4 Å². The molecule has 0 amide bonds. The number of benzene rings is 1. The standard InChI is InChI=1S/C18H28Cl3NO4SSi/c1-17(2,3)28(4,5)26-16-11-10-15(13-8-6-7-9-14(13)16)22-27(23,24)25-12-18(19,20)21/h6-9,15-16,22H,10-12H2,1-5H3/t15-,16-/m1/s1. The molecule has 10 heteroatoms. The molecule has 0 fully saturated rings. The summed E-state index contributed by atoms with van der Waals surface area (Å²) < 4.78 is 36.7. The van der Waals surface area contributed by atoms with E-state index in [0.717, 1.165) is 11.1 Å². The van der Waals surface area contributed by atoms with E-state index in [1.165, 1.54) is 0 Å². The van der Waals surface area contributed by atoms with E-state index in [1.807, 2.05) is 24.3 Å². The third-order valence-corrected chi connectivity index (χ3v) is 11.2. The Labute approximate surface area is 184 Å². The number of alkyl halides is 3. The quantitative estimate of drug-likeness (QED) is 0.405. The number of halogens is 3. The summed E-state index contributed by atoms with van der Waals surface area (Å²) in [5, 5.41) is 0.0887. The Kier molecular flexibility index (Phi) is 7.59. The summed E-state index contributed by atoms with van der Waals surface area (Å²) in [6, 6.07) is 7.32. The van der Waals surface area contributed by atoms with Crippen molar-refractivity contribution >= 4 is 53.4 Å². The Morgan fingerprint density at radius 3 is 2.21 bits per heavy atom. The molecule has 0 spiro atoms. The summed E-state index contributed by atoms with van der Waals surface area (Å²) in [4.78, 5) is 0. The van der Waals surface area contributed by atoms with Crippen LogP contribution in [0.3, 0.4) is 0 Å². The first kappa shape index (κ1) is 24.4. The Morgan fingerprint density at radius 1 is 1.11 bits per heavy atom. The lowest BCUT2D eigenvalue weighted by Gasteiger charge is -2.42. The predicted octanol–water partition coefficient (Wildman–Crippen LogP) is 5.81. The van der Waals surface area contributed by atoms with Crippen LogP contribution in [0.1, 0.15) is 56.9 Å². The van der Waals surface area contributed by atoms with Gasteiger partial charge in [0.05, 0.1) is 6.10 Å². The molecule has 0 heterocycles. The van der Waals surface area contributed by atoms with Crippen LogP contribution in [0.5, 0.6) is 0 Å². The van der Waals surface area contributed by atoms with Gasteiger partial charge in [-0.15, -0.1) is 0 Å². The van der Waals surface area contributed by atoms with Gasteiger partial charge in [-0.2, -0.15) is 13.1 Å². The first-order valence-corrected chi connectivity index (χ1v) is 14.6. The van der Waals surface area contributed by atoms with Gasteiger partial charge in [-0.3, -0.25) is 4.18 Å². The molecule has 160 valence electrons. The molecule has 1 aliphatic rings. The number of hydrogen-bond acceptors (Lipinski definition) is 4. The fourth-order valence-corrected chi connectivity index (χ4v) is 5.54. The smallest absolute Gasteiger partial charge is 0.336 e. The van der Waals surface area contributed by atoms with E-state index in [1.54, 1.807) is 0 Å². The van der Waals surface area contributed by atoms with Gasteiger partial charge in [0, 0.05) is 6.04 Å². The lowest BCUT2D eigenvalue weighted by molar-refractivity contribution is 0.155. The molecular formula is C18H28Cl3NO4SSi. The van der Waals surface area contributed by atoms with Crippen LogP contribution >= 0.6 is 34.8 Å².